The van der Waals surface area contributed by atoms with Crippen molar-refractivity contribution in [3.8, 4) is 11.5 Å². The molecule has 0 unspecified atom stereocenters. The average Bonchev–Trinajstić information content (AvgIpc) is 2.82. The second kappa shape index (κ2) is 5.27. The van der Waals surface area contributed by atoms with Gasteiger partial charge in [-0.05, 0) is 0 Å². The summed E-state index contributed by atoms with van der Waals surface area (Å²) >= 11 is -0.0709. The van der Waals surface area contributed by atoms with E-state index in [1.165, 1.54) is 12.3 Å². The van der Waals surface area contributed by atoms with Crippen LogP contribution in [0.5, 0.6) is 0 Å². The SMILES string of the molecule is CC(C)Cc1[se]c(N)nc1-c1occc1P(=O)(O)O. The van der Waals surface area contributed by atoms with Crippen molar-refractivity contribution in [3.63, 3.8) is 0 Å². The van der Waals surface area contributed by atoms with Crippen LogP contribution in [0, 0.1) is 5.92 Å². The average molecular weight is 349 g/mol. The van der Waals surface area contributed by atoms with E-state index in [1.54, 1.807) is 0 Å². The summed E-state index contributed by atoms with van der Waals surface area (Å²) in [7, 11) is -4.37. The molecule has 4 N–H and O–H groups in total. The molecule has 0 radical (unpaired) electrons. The molecular formula is C11H15N2O4PSe. The third-order valence-electron chi connectivity index (χ3n) is 2.48. The number of furan rings is 1. The molecule has 0 saturated heterocycles. The third-order valence-corrected chi connectivity index (χ3v) is 5.36. The van der Waals surface area contributed by atoms with Gasteiger partial charge in [-0.15, -0.1) is 0 Å². The normalized spacial score (nSPS) is 12.3. The molecule has 6 nitrogen and oxygen atoms in total. The van der Waals surface area contributed by atoms with Gasteiger partial charge in [0.15, 0.2) is 0 Å². The van der Waals surface area contributed by atoms with Crippen LogP contribution in [0.2, 0.25) is 0 Å². The standard InChI is InChI=1S/C11H15N2O4PSe/c1-6(2)5-8-9(13-11(12)19-8)10-7(3-4-17-10)18(14,15)16/h3-4,6H,5H2,1-2H3,(H2,12,13)(H2,14,15,16). The van der Waals surface area contributed by atoms with E-state index in [9.17, 15) is 14.4 Å². The zero-order chi connectivity index (χ0) is 14.2. The summed E-state index contributed by atoms with van der Waals surface area (Å²) in [6.45, 7) is 4.14. The Balaban J connectivity index is 2.54. The van der Waals surface area contributed by atoms with Gasteiger partial charge < -0.3 is 0 Å². The summed E-state index contributed by atoms with van der Waals surface area (Å²) in [6, 6.07) is 1.28. The number of anilines is 1. The van der Waals surface area contributed by atoms with Crippen LogP contribution in [0.25, 0.3) is 11.5 Å². The summed E-state index contributed by atoms with van der Waals surface area (Å²) in [5.41, 5.74) is 6.25. The van der Waals surface area contributed by atoms with Gasteiger partial charge in [-0.2, -0.15) is 0 Å². The van der Waals surface area contributed by atoms with Crippen molar-refractivity contribution >= 4 is 32.1 Å². The molecule has 104 valence electrons. The van der Waals surface area contributed by atoms with E-state index in [0.29, 0.717) is 16.3 Å². The van der Waals surface area contributed by atoms with Crippen LogP contribution in [0.1, 0.15) is 18.3 Å². The van der Waals surface area contributed by atoms with Crippen LogP contribution < -0.4 is 11.0 Å². The molecule has 0 bridgehead atoms. The van der Waals surface area contributed by atoms with Crippen molar-refractivity contribution in [1.29, 1.82) is 0 Å². The summed E-state index contributed by atoms with van der Waals surface area (Å²) in [5.74, 6) is 0.563. The minimum atomic E-state index is -4.37. The van der Waals surface area contributed by atoms with Crippen LogP contribution in [-0.2, 0) is 11.0 Å². The van der Waals surface area contributed by atoms with Gasteiger partial charge in [0, 0.05) is 0 Å². The van der Waals surface area contributed by atoms with Crippen LogP contribution in [-0.4, -0.2) is 29.3 Å². The van der Waals surface area contributed by atoms with Crippen LogP contribution in [0.4, 0.5) is 4.69 Å². The predicted octanol–water partition coefficient (Wildman–Crippen LogP) is 0.982. The number of nitrogens with two attached hydrogens (primary N) is 1. The molecular weight excluding hydrogens is 334 g/mol. The van der Waals surface area contributed by atoms with Gasteiger partial charge in [-0.25, -0.2) is 0 Å². The molecule has 0 spiro atoms. The van der Waals surface area contributed by atoms with Crippen molar-refractivity contribution in [1.82, 2.24) is 4.98 Å². The number of nitrogens with zero attached hydrogens (tertiary/aromatic N) is 1. The molecule has 0 atom stereocenters. The van der Waals surface area contributed by atoms with Gasteiger partial charge in [0.05, 0.1) is 0 Å². The topological polar surface area (TPSA) is 110 Å². The van der Waals surface area contributed by atoms with E-state index in [2.05, 4.69) is 18.8 Å². The van der Waals surface area contributed by atoms with Crippen molar-refractivity contribution in [3.05, 3.63) is 16.8 Å². The van der Waals surface area contributed by atoms with Gasteiger partial charge in [0.1, 0.15) is 0 Å². The molecule has 2 aromatic heterocycles. The predicted molar refractivity (Wildman–Crippen MR) is 73.5 cm³/mol. The number of nitrogen functional groups attached to an aromatic ring is 1. The maximum absolute atomic E-state index is 11.4. The molecule has 0 saturated carbocycles. The van der Waals surface area contributed by atoms with Crippen molar-refractivity contribution in [2.24, 2.45) is 5.92 Å². The van der Waals surface area contributed by atoms with E-state index in [-0.39, 0.29) is 25.6 Å². The van der Waals surface area contributed by atoms with Gasteiger partial charge in [-0.1, -0.05) is 0 Å². The zero-order valence-electron chi connectivity index (χ0n) is 10.5. The molecule has 0 fully saturated rings. The second-order valence-corrected chi connectivity index (χ2v) is 8.51. The number of aromatic nitrogens is 1. The maximum atomic E-state index is 11.4. The number of hydrogen-bond acceptors (Lipinski definition) is 4. The first-order valence-corrected chi connectivity index (χ1v) is 9.00. The van der Waals surface area contributed by atoms with Gasteiger partial charge in [0.2, 0.25) is 0 Å². The van der Waals surface area contributed by atoms with Crippen molar-refractivity contribution in [2.75, 3.05) is 5.73 Å². The van der Waals surface area contributed by atoms with Crippen LogP contribution >= 0.6 is 7.60 Å². The van der Waals surface area contributed by atoms with E-state index >= 15 is 0 Å². The van der Waals surface area contributed by atoms with Crippen molar-refractivity contribution < 1.29 is 18.8 Å². The number of hydrogen-bond donors (Lipinski definition) is 3. The summed E-state index contributed by atoms with van der Waals surface area (Å²) in [6.07, 6.45) is 2.06. The Morgan fingerprint density at radius 1 is 1.53 bits per heavy atom. The number of rotatable bonds is 4. The third kappa shape index (κ3) is 3.19. The van der Waals surface area contributed by atoms with Gasteiger partial charge in [-0.3, -0.25) is 0 Å². The molecule has 0 aliphatic heterocycles. The Kier molecular flexibility index (Phi) is 4.04. The second-order valence-electron chi connectivity index (χ2n) is 4.60. The Morgan fingerprint density at radius 3 is 2.79 bits per heavy atom. The molecule has 2 heterocycles. The molecule has 0 aliphatic rings. The fourth-order valence-electron chi connectivity index (χ4n) is 1.77. The summed E-state index contributed by atoms with van der Waals surface area (Å²) in [4.78, 5) is 22.8. The Bertz CT molecular complexity index is 628. The van der Waals surface area contributed by atoms with Crippen molar-refractivity contribution in [2.45, 2.75) is 20.3 Å². The van der Waals surface area contributed by atoms with E-state index in [4.69, 9.17) is 10.2 Å². The molecule has 2 aromatic rings. The first-order chi connectivity index (χ1) is 8.79. The zero-order valence-corrected chi connectivity index (χ0v) is 13.1. The van der Waals surface area contributed by atoms with E-state index in [0.717, 1.165) is 10.9 Å². The molecule has 0 aliphatic carbocycles. The fraction of sp³-hybridized carbons (Fsp3) is 0.364. The van der Waals surface area contributed by atoms with Crippen LogP contribution in [0.3, 0.4) is 0 Å². The molecule has 2 rings (SSSR count). The molecule has 0 aromatic carbocycles. The Morgan fingerprint density at radius 2 is 2.21 bits per heavy atom. The van der Waals surface area contributed by atoms with Gasteiger partial charge in [0.25, 0.3) is 0 Å². The quantitative estimate of drug-likeness (QED) is 0.561. The Labute approximate surface area is 116 Å². The molecule has 0 amide bonds. The minimum absolute atomic E-state index is 0.0709. The Hall–Kier alpha value is -0.841. The van der Waals surface area contributed by atoms with Crippen LogP contribution in [0.15, 0.2) is 16.7 Å². The van der Waals surface area contributed by atoms with E-state index < -0.39 is 7.60 Å². The molecule has 19 heavy (non-hydrogen) atoms. The van der Waals surface area contributed by atoms with Gasteiger partial charge >= 0.3 is 116 Å². The fourth-order valence-corrected chi connectivity index (χ4v) is 4.63. The first kappa shape index (κ1) is 14.6. The summed E-state index contributed by atoms with van der Waals surface area (Å²) in [5, 5.41) is -0.127. The van der Waals surface area contributed by atoms with E-state index in [1.807, 2.05) is 0 Å². The molecule has 8 heteroatoms. The summed E-state index contributed by atoms with van der Waals surface area (Å²) < 4.78 is 18.2. The first-order valence-electron chi connectivity index (χ1n) is 5.68. The monoisotopic (exact) mass is 350 g/mol.